The van der Waals surface area contributed by atoms with Crippen molar-refractivity contribution in [3.8, 4) is 0 Å². The molecule has 0 amide bonds. The first-order chi connectivity index (χ1) is 5.93. The normalized spacial score (nSPS) is 10.4. The SMILES string of the molecule is NCCCCSCc1ccco1. The average Bonchev–Trinajstić information content (AvgIpc) is 2.57. The zero-order valence-electron chi connectivity index (χ0n) is 7.16. The first-order valence-electron chi connectivity index (χ1n) is 4.23. The molecule has 0 spiro atoms. The Bertz CT molecular complexity index is 186. The second kappa shape index (κ2) is 6.14. The maximum absolute atomic E-state index is 5.38. The van der Waals surface area contributed by atoms with Crippen molar-refractivity contribution in [3.63, 3.8) is 0 Å². The van der Waals surface area contributed by atoms with Gasteiger partial charge in [-0.05, 0) is 37.3 Å². The van der Waals surface area contributed by atoms with Crippen LogP contribution in [0.4, 0.5) is 0 Å². The van der Waals surface area contributed by atoms with Gasteiger partial charge >= 0.3 is 0 Å². The predicted molar refractivity (Wildman–Crippen MR) is 53.2 cm³/mol. The molecule has 1 heterocycles. The Morgan fingerprint density at radius 1 is 1.42 bits per heavy atom. The van der Waals surface area contributed by atoms with Gasteiger partial charge in [-0.3, -0.25) is 0 Å². The zero-order chi connectivity index (χ0) is 8.65. The van der Waals surface area contributed by atoms with Crippen molar-refractivity contribution in [2.24, 2.45) is 5.73 Å². The van der Waals surface area contributed by atoms with Crippen LogP contribution in [0.3, 0.4) is 0 Å². The van der Waals surface area contributed by atoms with Gasteiger partial charge in [0.1, 0.15) is 5.76 Å². The highest BCUT2D eigenvalue weighted by Gasteiger charge is 1.94. The summed E-state index contributed by atoms with van der Waals surface area (Å²) in [4.78, 5) is 0. The molecule has 0 aromatic carbocycles. The average molecular weight is 185 g/mol. The van der Waals surface area contributed by atoms with Gasteiger partial charge in [-0.2, -0.15) is 11.8 Å². The van der Waals surface area contributed by atoms with Crippen LogP contribution in [-0.4, -0.2) is 12.3 Å². The maximum atomic E-state index is 5.38. The molecule has 0 bridgehead atoms. The molecule has 0 atom stereocenters. The van der Waals surface area contributed by atoms with Crippen LogP contribution >= 0.6 is 11.8 Å². The van der Waals surface area contributed by atoms with E-state index in [1.165, 1.54) is 12.2 Å². The molecule has 0 fully saturated rings. The van der Waals surface area contributed by atoms with Gasteiger partial charge in [-0.15, -0.1) is 0 Å². The zero-order valence-corrected chi connectivity index (χ0v) is 7.98. The molecule has 0 saturated carbocycles. The summed E-state index contributed by atoms with van der Waals surface area (Å²) < 4.78 is 5.19. The van der Waals surface area contributed by atoms with E-state index in [4.69, 9.17) is 10.2 Å². The third-order valence-corrected chi connectivity index (χ3v) is 2.63. The molecular formula is C9H15NOS. The van der Waals surface area contributed by atoms with Crippen molar-refractivity contribution >= 4 is 11.8 Å². The quantitative estimate of drug-likeness (QED) is 0.691. The highest BCUT2D eigenvalue weighted by Crippen LogP contribution is 2.13. The molecule has 12 heavy (non-hydrogen) atoms. The summed E-state index contributed by atoms with van der Waals surface area (Å²) in [6, 6.07) is 3.94. The molecule has 2 nitrogen and oxygen atoms in total. The largest absolute Gasteiger partial charge is 0.468 e. The van der Waals surface area contributed by atoms with Crippen molar-refractivity contribution in [1.29, 1.82) is 0 Å². The summed E-state index contributed by atoms with van der Waals surface area (Å²) in [5.74, 6) is 3.22. The number of nitrogens with two attached hydrogens (primary N) is 1. The Balaban J connectivity index is 1.96. The van der Waals surface area contributed by atoms with Crippen molar-refractivity contribution in [2.75, 3.05) is 12.3 Å². The van der Waals surface area contributed by atoms with Crippen molar-refractivity contribution in [1.82, 2.24) is 0 Å². The number of hydrogen-bond acceptors (Lipinski definition) is 3. The summed E-state index contributed by atoms with van der Waals surface area (Å²) >= 11 is 1.90. The fourth-order valence-corrected chi connectivity index (χ4v) is 1.83. The highest BCUT2D eigenvalue weighted by molar-refractivity contribution is 7.98. The lowest BCUT2D eigenvalue weighted by molar-refractivity contribution is 0.530. The predicted octanol–water partition coefficient (Wildman–Crippen LogP) is 2.25. The molecule has 0 aliphatic rings. The van der Waals surface area contributed by atoms with E-state index in [-0.39, 0.29) is 0 Å². The van der Waals surface area contributed by atoms with Gasteiger partial charge in [0.2, 0.25) is 0 Å². The second-order valence-corrected chi connectivity index (χ2v) is 3.73. The van der Waals surface area contributed by atoms with Crippen LogP contribution < -0.4 is 5.73 Å². The van der Waals surface area contributed by atoms with E-state index >= 15 is 0 Å². The van der Waals surface area contributed by atoms with Gasteiger partial charge in [0.25, 0.3) is 0 Å². The molecule has 1 aromatic heterocycles. The fraction of sp³-hybridized carbons (Fsp3) is 0.556. The second-order valence-electron chi connectivity index (χ2n) is 2.63. The lowest BCUT2D eigenvalue weighted by Gasteiger charge is -1.97. The molecule has 1 rings (SSSR count). The van der Waals surface area contributed by atoms with E-state index in [0.717, 1.165) is 24.5 Å². The lowest BCUT2D eigenvalue weighted by Crippen LogP contribution is -1.98. The minimum atomic E-state index is 0.807. The number of rotatable bonds is 6. The van der Waals surface area contributed by atoms with Crippen LogP contribution in [-0.2, 0) is 5.75 Å². The van der Waals surface area contributed by atoms with Gasteiger partial charge in [0.15, 0.2) is 0 Å². The molecule has 0 saturated heterocycles. The minimum Gasteiger partial charge on any atom is -0.468 e. The molecule has 68 valence electrons. The van der Waals surface area contributed by atoms with Gasteiger partial charge in [0, 0.05) is 0 Å². The Kier molecular flexibility index (Phi) is 4.95. The molecule has 0 aliphatic carbocycles. The summed E-state index contributed by atoms with van der Waals surface area (Å²) in [5, 5.41) is 0. The molecule has 1 aromatic rings. The highest BCUT2D eigenvalue weighted by atomic mass is 32.2. The number of unbranched alkanes of at least 4 members (excludes halogenated alkanes) is 1. The summed E-state index contributed by atoms with van der Waals surface area (Å²) in [6.45, 7) is 0.807. The number of furan rings is 1. The summed E-state index contributed by atoms with van der Waals surface area (Å²) in [7, 11) is 0. The standard InChI is InChI=1S/C9H15NOS/c10-5-1-2-7-12-8-9-4-3-6-11-9/h3-4,6H,1-2,5,7-8,10H2. The van der Waals surface area contributed by atoms with Crippen molar-refractivity contribution in [3.05, 3.63) is 24.2 Å². The van der Waals surface area contributed by atoms with E-state index in [1.807, 2.05) is 23.9 Å². The lowest BCUT2D eigenvalue weighted by atomic mass is 10.3. The van der Waals surface area contributed by atoms with Crippen molar-refractivity contribution < 1.29 is 4.42 Å². The van der Waals surface area contributed by atoms with Gasteiger partial charge in [0.05, 0.1) is 12.0 Å². The number of hydrogen-bond donors (Lipinski definition) is 1. The summed E-state index contributed by atoms with van der Waals surface area (Å²) in [6.07, 6.45) is 4.06. The fourth-order valence-electron chi connectivity index (χ4n) is 0.916. The van der Waals surface area contributed by atoms with E-state index in [9.17, 15) is 0 Å². The Hall–Kier alpha value is -0.410. The molecular weight excluding hydrogens is 170 g/mol. The topological polar surface area (TPSA) is 39.2 Å². The molecule has 2 N–H and O–H groups in total. The summed E-state index contributed by atoms with van der Waals surface area (Å²) in [5.41, 5.74) is 5.38. The third kappa shape index (κ3) is 3.83. The smallest absolute Gasteiger partial charge is 0.113 e. The Morgan fingerprint density at radius 3 is 3.00 bits per heavy atom. The van der Waals surface area contributed by atoms with E-state index in [1.54, 1.807) is 6.26 Å². The number of thioether (sulfide) groups is 1. The van der Waals surface area contributed by atoms with Crippen LogP contribution in [0, 0.1) is 0 Å². The van der Waals surface area contributed by atoms with Crippen LogP contribution in [0.1, 0.15) is 18.6 Å². The van der Waals surface area contributed by atoms with Crippen LogP contribution in [0.2, 0.25) is 0 Å². The first kappa shape index (κ1) is 9.68. The minimum absolute atomic E-state index is 0.807. The Labute approximate surface area is 77.5 Å². The molecule has 3 heteroatoms. The monoisotopic (exact) mass is 185 g/mol. The van der Waals surface area contributed by atoms with E-state index in [0.29, 0.717) is 0 Å². The van der Waals surface area contributed by atoms with Crippen LogP contribution in [0.15, 0.2) is 22.8 Å². The molecule has 0 radical (unpaired) electrons. The maximum Gasteiger partial charge on any atom is 0.113 e. The first-order valence-corrected chi connectivity index (χ1v) is 5.39. The van der Waals surface area contributed by atoms with Crippen LogP contribution in [0.25, 0.3) is 0 Å². The van der Waals surface area contributed by atoms with Gasteiger partial charge in [-0.1, -0.05) is 0 Å². The van der Waals surface area contributed by atoms with Crippen molar-refractivity contribution in [2.45, 2.75) is 18.6 Å². The van der Waals surface area contributed by atoms with E-state index < -0.39 is 0 Å². The molecule has 0 unspecified atom stereocenters. The Morgan fingerprint density at radius 2 is 2.33 bits per heavy atom. The van der Waals surface area contributed by atoms with Gasteiger partial charge in [-0.25, -0.2) is 0 Å². The van der Waals surface area contributed by atoms with E-state index in [2.05, 4.69) is 0 Å². The third-order valence-electron chi connectivity index (χ3n) is 1.57. The van der Waals surface area contributed by atoms with Crippen LogP contribution in [0.5, 0.6) is 0 Å². The molecule has 0 aliphatic heterocycles. The van der Waals surface area contributed by atoms with Gasteiger partial charge < -0.3 is 10.2 Å².